The molecule has 0 bridgehead atoms. The molecule has 1 aliphatic rings. The van der Waals surface area contributed by atoms with E-state index in [1.165, 1.54) is 0 Å². The quantitative estimate of drug-likeness (QED) is 0.434. The number of alkyl halides is 4. The zero-order valence-electron chi connectivity index (χ0n) is 4.98. The molecular weight excluding hydrogens is 214 g/mol. The average Bonchev–Trinajstić information content (AvgIpc) is 1.93. The molecule has 0 aliphatic heterocycles. The Kier molecular flexibility index (Phi) is 3.18. The van der Waals surface area contributed by atoms with Crippen molar-refractivity contribution in [1.29, 1.82) is 0 Å². The molecule has 10 heavy (non-hydrogen) atoms. The fourth-order valence-corrected chi connectivity index (χ4v) is 1.89. The van der Waals surface area contributed by atoms with Crippen molar-refractivity contribution in [2.45, 2.75) is 21.5 Å². The lowest BCUT2D eigenvalue weighted by atomic mass is 10.1. The molecule has 0 aromatic rings. The van der Waals surface area contributed by atoms with Gasteiger partial charge in [0.25, 0.3) is 0 Å². The van der Waals surface area contributed by atoms with E-state index in [4.69, 9.17) is 46.4 Å². The fraction of sp³-hybridized carbons (Fsp3) is 0.667. The first-order valence-electron chi connectivity index (χ1n) is 2.87. The molecule has 0 nitrogen and oxygen atoms in total. The van der Waals surface area contributed by atoms with Crippen molar-refractivity contribution >= 4 is 46.4 Å². The molecule has 58 valence electrons. The van der Waals surface area contributed by atoms with Gasteiger partial charge in [-0.15, -0.1) is 46.4 Å². The van der Waals surface area contributed by atoms with Crippen molar-refractivity contribution < 1.29 is 0 Å². The van der Waals surface area contributed by atoms with Crippen molar-refractivity contribution in [3.05, 3.63) is 12.2 Å². The van der Waals surface area contributed by atoms with Crippen LogP contribution in [-0.4, -0.2) is 21.5 Å². The van der Waals surface area contributed by atoms with Gasteiger partial charge in [-0.3, -0.25) is 0 Å². The number of hydrogen-bond acceptors (Lipinski definition) is 0. The van der Waals surface area contributed by atoms with Gasteiger partial charge in [-0.05, 0) is 0 Å². The third-order valence-electron chi connectivity index (χ3n) is 1.39. The Bertz CT molecular complexity index is 129. The van der Waals surface area contributed by atoms with Gasteiger partial charge in [0.1, 0.15) is 0 Å². The Morgan fingerprint density at radius 2 is 1.00 bits per heavy atom. The van der Waals surface area contributed by atoms with Crippen LogP contribution in [0.2, 0.25) is 0 Å². The lowest BCUT2D eigenvalue weighted by Crippen LogP contribution is -2.34. The summed E-state index contributed by atoms with van der Waals surface area (Å²) in [7, 11) is 0. The number of allylic oxidation sites excluding steroid dienone is 2. The Balaban J connectivity index is 2.69. The minimum absolute atomic E-state index is 0.195. The largest absolute Gasteiger partial charge is 0.119 e. The molecule has 0 N–H and O–H groups in total. The van der Waals surface area contributed by atoms with Crippen molar-refractivity contribution in [1.82, 2.24) is 0 Å². The van der Waals surface area contributed by atoms with E-state index in [2.05, 4.69) is 0 Å². The van der Waals surface area contributed by atoms with Crippen LogP contribution >= 0.6 is 46.4 Å². The molecule has 1 aliphatic carbocycles. The summed E-state index contributed by atoms with van der Waals surface area (Å²) in [5.41, 5.74) is 0. The van der Waals surface area contributed by atoms with Crippen LogP contribution < -0.4 is 0 Å². The van der Waals surface area contributed by atoms with Gasteiger partial charge in [0.05, 0.1) is 21.5 Å². The second kappa shape index (κ2) is 3.53. The second-order valence-electron chi connectivity index (χ2n) is 2.16. The number of halogens is 4. The lowest BCUT2D eigenvalue weighted by molar-refractivity contribution is 0.759. The molecule has 0 radical (unpaired) electrons. The first kappa shape index (κ1) is 8.99. The van der Waals surface area contributed by atoms with Crippen LogP contribution in [0.4, 0.5) is 0 Å². The van der Waals surface area contributed by atoms with Gasteiger partial charge in [0, 0.05) is 0 Å². The summed E-state index contributed by atoms with van der Waals surface area (Å²) in [6.07, 6.45) is 3.55. The van der Waals surface area contributed by atoms with Gasteiger partial charge in [-0.1, -0.05) is 12.2 Å². The SMILES string of the molecule is Cl[C@H]1[C@H](Cl)[C@@H](Cl)C=C[C@H]1Cl. The number of hydrogen-bond donors (Lipinski definition) is 0. The maximum absolute atomic E-state index is 5.81. The summed E-state index contributed by atoms with van der Waals surface area (Å²) in [6.45, 7) is 0. The highest BCUT2D eigenvalue weighted by molar-refractivity contribution is 6.39. The molecule has 0 aromatic heterocycles. The maximum Gasteiger partial charge on any atom is 0.0716 e. The van der Waals surface area contributed by atoms with E-state index in [1.54, 1.807) is 12.2 Å². The zero-order chi connectivity index (χ0) is 7.72. The molecule has 4 atom stereocenters. The Hall–Kier alpha value is 0.900. The minimum atomic E-state index is -0.268. The molecule has 0 unspecified atom stereocenters. The highest BCUT2D eigenvalue weighted by Gasteiger charge is 2.31. The van der Waals surface area contributed by atoms with Crippen molar-refractivity contribution in [3.8, 4) is 0 Å². The molecule has 0 fully saturated rings. The average molecular weight is 220 g/mol. The van der Waals surface area contributed by atoms with E-state index in [0.717, 1.165) is 0 Å². The van der Waals surface area contributed by atoms with E-state index in [9.17, 15) is 0 Å². The molecule has 1 rings (SSSR count). The van der Waals surface area contributed by atoms with Crippen LogP contribution in [0.3, 0.4) is 0 Å². The molecule has 4 heteroatoms. The van der Waals surface area contributed by atoms with Gasteiger partial charge in [-0.2, -0.15) is 0 Å². The Morgan fingerprint density at radius 3 is 1.30 bits per heavy atom. The summed E-state index contributed by atoms with van der Waals surface area (Å²) < 4.78 is 0. The van der Waals surface area contributed by atoms with Crippen LogP contribution in [0.25, 0.3) is 0 Å². The van der Waals surface area contributed by atoms with Crippen LogP contribution in [-0.2, 0) is 0 Å². The Morgan fingerprint density at radius 1 is 0.700 bits per heavy atom. The summed E-state index contributed by atoms with van der Waals surface area (Å²) in [4.78, 5) is 0. The van der Waals surface area contributed by atoms with Gasteiger partial charge in [0.2, 0.25) is 0 Å². The standard InChI is InChI=1S/C6H6Cl4/c7-3-1-2-4(8)6(10)5(3)9/h1-6H/t3-,4+,5-,6-/m1/s1. The second-order valence-corrected chi connectivity index (χ2v) is 4.18. The predicted octanol–water partition coefficient (Wildman–Crippen LogP) is 2.99. The topological polar surface area (TPSA) is 0 Å². The normalized spacial score (nSPS) is 47.6. The fourth-order valence-electron chi connectivity index (χ4n) is 0.776. The van der Waals surface area contributed by atoms with Gasteiger partial charge < -0.3 is 0 Å². The van der Waals surface area contributed by atoms with Crippen molar-refractivity contribution in [2.75, 3.05) is 0 Å². The summed E-state index contributed by atoms with van der Waals surface area (Å²) in [6, 6.07) is 0. The molecule has 0 aromatic carbocycles. The van der Waals surface area contributed by atoms with Crippen LogP contribution in [0.1, 0.15) is 0 Å². The van der Waals surface area contributed by atoms with Gasteiger partial charge in [-0.25, -0.2) is 0 Å². The summed E-state index contributed by atoms with van der Waals surface area (Å²) in [5.74, 6) is 0. The van der Waals surface area contributed by atoms with E-state index in [0.29, 0.717) is 0 Å². The first-order chi connectivity index (χ1) is 4.63. The van der Waals surface area contributed by atoms with Gasteiger partial charge in [0.15, 0.2) is 0 Å². The third kappa shape index (κ3) is 1.73. The first-order valence-corrected chi connectivity index (χ1v) is 4.62. The Labute approximate surface area is 80.1 Å². The lowest BCUT2D eigenvalue weighted by Gasteiger charge is -2.25. The summed E-state index contributed by atoms with van der Waals surface area (Å²) >= 11 is 23.2. The molecule has 0 heterocycles. The number of rotatable bonds is 0. The van der Waals surface area contributed by atoms with Crippen molar-refractivity contribution in [2.24, 2.45) is 0 Å². The molecule has 0 spiro atoms. The van der Waals surface area contributed by atoms with Crippen LogP contribution in [0.15, 0.2) is 12.2 Å². The van der Waals surface area contributed by atoms with Gasteiger partial charge >= 0.3 is 0 Å². The van der Waals surface area contributed by atoms with Crippen LogP contribution in [0, 0.1) is 0 Å². The van der Waals surface area contributed by atoms with E-state index >= 15 is 0 Å². The molecule has 0 saturated carbocycles. The van der Waals surface area contributed by atoms with E-state index in [-0.39, 0.29) is 21.5 Å². The third-order valence-corrected chi connectivity index (χ3v) is 3.70. The highest BCUT2D eigenvalue weighted by Crippen LogP contribution is 2.29. The molecular formula is C6H6Cl4. The van der Waals surface area contributed by atoms with Crippen LogP contribution in [0.5, 0.6) is 0 Å². The minimum Gasteiger partial charge on any atom is -0.119 e. The molecule has 0 saturated heterocycles. The monoisotopic (exact) mass is 218 g/mol. The zero-order valence-corrected chi connectivity index (χ0v) is 8.00. The van der Waals surface area contributed by atoms with E-state index in [1.807, 2.05) is 0 Å². The van der Waals surface area contributed by atoms with Crippen molar-refractivity contribution in [3.63, 3.8) is 0 Å². The van der Waals surface area contributed by atoms with E-state index < -0.39 is 0 Å². The summed E-state index contributed by atoms with van der Waals surface area (Å²) in [5, 5.41) is -0.926. The predicted molar refractivity (Wildman–Crippen MR) is 47.7 cm³/mol. The smallest absolute Gasteiger partial charge is 0.0716 e. The highest BCUT2D eigenvalue weighted by atomic mass is 35.5. The maximum atomic E-state index is 5.81. The molecule has 0 amide bonds.